The molecule has 2 aromatic heterocycles. The fourth-order valence-corrected chi connectivity index (χ4v) is 3.17. The van der Waals surface area contributed by atoms with Gasteiger partial charge in [-0.25, -0.2) is 0 Å². The van der Waals surface area contributed by atoms with Crippen LogP contribution in [0.3, 0.4) is 0 Å². The first-order chi connectivity index (χ1) is 14.3. The number of benzene rings is 2. The van der Waals surface area contributed by atoms with Gasteiger partial charge in [0, 0.05) is 30.6 Å². The van der Waals surface area contributed by atoms with E-state index in [0.717, 1.165) is 16.7 Å². The van der Waals surface area contributed by atoms with Crippen LogP contribution in [0.5, 0.6) is 5.88 Å². The summed E-state index contributed by atoms with van der Waals surface area (Å²) < 4.78 is 7.81. The smallest absolute Gasteiger partial charge is 0.241 e. The zero-order chi connectivity index (χ0) is 19.6. The molecule has 2 aromatic carbocycles. The summed E-state index contributed by atoms with van der Waals surface area (Å²) in [6, 6.07) is 21.8. The van der Waals surface area contributed by atoms with Crippen LogP contribution in [0.15, 0.2) is 79.1 Å². The van der Waals surface area contributed by atoms with Crippen LogP contribution in [0.2, 0.25) is 0 Å². The van der Waals surface area contributed by atoms with E-state index in [1.165, 1.54) is 0 Å². The van der Waals surface area contributed by atoms with Gasteiger partial charge in [0.25, 0.3) is 0 Å². The maximum atomic E-state index is 6.09. The molecule has 0 spiro atoms. The molecule has 29 heavy (non-hydrogen) atoms. The lowest BCUT2D eigenvalue weighted by atomic mass is 10.1. The molecule has 0 bridgehead atoms. The number of rotatable bonds is 5. The normalized spacial score (nSPS) is 13.4. The van der Waals surface area contributed by atoms with Gasteiger partial charge in [-0.3, -0.25) is 10.0 Å². The minimum atomic E-state index is 0.294. The van der Waals surface area contributed by atoms with Crippen molar-refractivity contribution >= 4 is 5.65 Å². The van der Waals surface area contributed by atoms with Crippen LogP contribution in [0.4, 0.5) is 0 Å². The second-order valence-corrected chi connectivity index (χ2v) is 6.64. The van der Waals surface area contributed by atoms with Gasteiger partial charge >= 0.3 is 0 Å². The van der Waals surface area contributed by atoms with Crippen LogP contribution in [0.25, 0.3) is 28.2 Å². The van der Waals surface area contributed by atoms with E-state index < -0.39 is 0 Å². The predicted molar refractivity (Wildman–Crippen MR) is 109 cm³/mol. The highest BCUT2D eigenvalue weighted by molar-refractivity contribution is 5.72. The highest BCUT2D eigenvalue weighted by Gasteiger charge is 2.17. The van der Waals surface area contributed by atoms with E-state index >= 15 is 0 Å². The van der Waals surface area contributed by atoms with Crippen molar-refractivity contribution < 1.29 is 4.74 Å². The third-order valence-electron chi connectivity index (χ3n) is 4.57. The van der Waals surface area contributed by atoms with E-state index in [1.807, 2.05) is 96.2 Å². The number of fused-ring (bicyclic) bond motifs is 1. The van der Waals surface area contributed by atoms with E-state index in [2.05, 4.69) is 15.7 Å². The molecule has 4 aromatic rings. The zero-order valence-corrected chi connectivity index (χ0v) is 15.8. The fourth-order valence-electron chi connectivity index (χ4n) is 3.17. The van der Waals surface area contributed by atoms with E-state index in [0.29, 0.717) is 24.1 Å². The molecule has 0 amide bonds. The molecule has 5 rings (SSSR count). The van der Waals surface area contributed by atoms with E-state index in [-0.39, 0.29) is 0 Å². The van der Waals surface area contributed by atoms with Crippen molar-refractivity contribution in [2.24, 2.45) is 0 Å². The average molecular weight is 385 g/mol. The molecular formula is C21H19N7O. The maximum Gasteiger partial charge on any atom is 0.241 e. The first-order valence-electron chi connectivity index (χ1n) is 9.22. The Balaban J connectivity index is 1.58. The topological polar surface area (TPSA) is 70.8 Å². The van der Waals surface area contributed by atoms with E-state index in [1.54, 1.807) is 4.52 Å². The molecule has 0 atom stereocenters. The highest BCUT2D eigenvalue weighted by atomic mass is 16.5. The van der Waals surface area contributed by atoms with Crippen LogP contribution >= 0.6 is 0 Å². The average Bonchev–Trinajstić information content (AvgIpc) is 3.38. The first kappa shape index (κ1) is 17.2. The summed E-state index contributed by atoms with van der Waals surface area (Å²) in [6.45, 7) is 0.294. The number of aromatic nitrogens is 4. The number of nitrogens with one attached hydrogen (secondary N) is 1. The van der Waals surface area contributed by atoms with Crippen molar-refractivity contribution in [1.29, 1.82) is 0 Å². The fraction of sp³-hybridized carbons (Fsp3) is 0.0952. The van der Waals surface area contributed by atoms with Crippen molar-refractivity contribution in [2.45, 2.75) is 0 Å². The van der Waals surface area contributed by atoms with E-state index in [4.69, 9.17) is 9.84 Å². The largest absolute Gasteiger partial charge is 0.453 e. The van der Waals surface area contributed by atoms with Crippen LogP contribution in [0, 0.1) is 0 Å². The minimum Gasteiger partial charge on any atom is -0.453 e. The Labute approximate surface area is 167 Å². The summed E-state index contributed by atoms with van der Waals surface area (Å²) in [7, 11) is 1.92. The molecule has 1 N–H and O–H groups in total. The molecule has 0 saturated heterocycles. The number of hydrogen-bond donors (Lipinski definition) is 1. The Morgan fingerprint density at radius 1 is 0.897 bits per heavy atom. The van der Waals surface area contributed by atoms with Gasteiger partial charge < -0.3 is 4.74 Å². The molecule has 1 aliphatic rings. The standard InChI is InChI=1S/C21H19N7O/c1-26-12-13-27(25-26)15-29-21-18(16-8-4-2-5-9-16)14-19-22-23-20(28(19)24-21)17-10-6-3-7-11-17/h2-14,25H,15H2,1H3. The molecule has 3 heterocycles. The van der Waals surface area contributed by atoms with Gasteiger partial charge in [-0.15, -0.1) is 20.8 Å². The molecule has 144 valence electrons. The molecule has 0 aliphatic carbocycles. The number of hydrogen-bond acceptors (Lipinski definition) is 7. The second-order valence-electron chi connectivity index (χ2n) is 6.64. The van der Waals surface area contributed by atoms with Crippen molar-refractivity contribution in [2.75, 3.05) is 13.8 Å². The predicted octanol–water partition coefficient (Wildman–Crippen LogP) is 2.93. The summed E-state index contributed by atoms with van der Waals surface area (Å²) in [5.74, 6) is 1.18. The summed E-state index contributed by atoms with van der Waals surface area (Å²) in [5, 5.41) is 17.1. The molecule has 0 saturated carbocycles. The Morgan fingerprint density at radius 2 is 1.62 bits per heavy atom. The monoisotopic (exact) mass is 385 g/mol. The Kier molecular flexibility index (Phi) is 4.30. The first-order valence-corrected chi connectivity index (χ1v) is 9.22. The van der Waals surface area contributed by atoms with Crippen LogP contribution < -0.4 is 10.3 Å². The van der Waals surface area contributed by atoms with Gasteiger partial charge in [-0.1, -0.05) is 60.7 Å². The summed E-state index contributed by atoms with van der Waals surface area (Å²) in [4.78, 5) is 0. The maximum absolute atomic E-state index is 6.09. The molecule has 8 heteroatoms. The Morgan fingerprint density at radius 3 is 2.31 bits per heavy atom. The zero-order valence-electron chi connectivity index (χ0n) is 15.8. The van der Waals surface area contributed by atoms with Crippen LogP contribution in [0.1, 0.15) is 0 Å². The van der Waals surface area contributed by atoms with Crippen LogP contribution in [-0.4, -0.2) is 43.6 Å². The number of ether oxygens (including phenoxy) is 1. The van der Waals surface area contributed by atoms with Gasteiger partial charge in [0.05, 0.1) is 0 Å². The second kappa shape index (κ2) is 7.25. The Hall–Kier alpha value is -3.91. The van der Waals surface area contributed by atoms with Gasteiger partial charge in [0.15, 0.2) is 18.2 Å². The van der Waals surface area contributed by atoms with Crippen molar-refractivity contribution in [1.82, 2.24) is 35.4 Å². The van der Waals surface area contributed by atoms with Crippen LogP contribution in [-0.2, 0) is 0 Å². The number of hydrazine groups is 2. The lowest BCUT2D eigenvalue weighted by Crippen LogP contribution is -2.39. The summed E-state index contributed by atoms with van der Waals surface area (Å²) in [6.07, 6.45) is 3.81. The van der Waals surface area contributed by atoms with Gasteiger partial charge in [-0.2, -0.15) is 4.52 Å². The molecule has 0 radical (unpaired) electrons. The quantitative estimate of drug-likeness (QED) is 0.566. The molecule has 1 aliphatic heterocycles. The van der Waals surface area contributed by atoms with Crippen molar-refractivity contribution in [3.05, 3.63) is 79.1 Å². The molecular weight excluding hydrogens is 366 g/mol. The van der Waals surface area contributed by atoms with Crippen molar-refractivity contribution in [3.63, 3.8) is 0 Å². The van der Waals surface area contributed by atoms with Gasteiger partial charge in [0.2, 0.25) is 5.88 Å². The Bertz CT molecular complexity index is 1160. The van der Waals surface area contributed by atoms with E-state index in [9.17, 15) is 0 Å². The minimum absolute atomic E-state index is 0.294. The SMILES string of the molecule is CN1C=CN(COc2nn3c(-c4ccccc4)nnc3cc2-c2ccccc2)N1. The molecule has 0 unspecified atom stereocenters. The lowest BCUT2D eigenvalue weighted by Gasteiger charge is -2.20. The molecule has 0 fully saturated rings. The summed E-state index contributed by atoms with van der Waals surface area (Å²) in [5.41, 5.74) is 6.59. The number of nitrogens with zero attached hydrogens (tertiary/aromatic N) is 6. The third-order valence-corrected chi connectivity index (χ3v) is 4.57. The highest BCUT2D eigenvalue weighted by Crippen LogP contribution is 2.30. The molecule has 8 nitrogen and oxygen atoms in total. The van der Waals surface area contributed by atoms with Crippen molar-refractivity contribution in [3.8, 4) is 28.4 Å². The third kappa shape index (κ3) is 3.37. The summed E-state index contributed by atoms with van der Waals surface area (Å²) >= 11 is 0. The van der Waals surface area contributed by atoms with Gasteiger partial charge in [-0.05, 0) is 11.6 Å². The lowest BCUT2D eigenvalue weighted by molar-refractivity contribution is 0.0752. The van der Waals surface area contributed by atoms with Gasteiger partial charge in [0.1, 0.15) is 0 Å².